The number of nitrogens with zero attached hydrogens (tertiary/aromatic N) is 1. The van der Waals surface area contributed by atoms with Crippen molar-refractivity contribution in [3.05, 3.63) is 34.1 Å². The molecule has 0 aliphatic carbocycles. The van der Waals surface area contributed by atoms with Crippen LogP contribution in [0.15, 0.2) is 23.1 Å². The van der Waals surface area contributed by atoms with E-state index in [-0.39, 0.29) is 10.6 Å². The standard InChI is InChI=1S/C8H6FNO4S/c9-5-1-2-7(15-4-8(11)12)6(3-5)10(13)14/h1-3H,4H2,(H,11,12). The highest BCUT2D eigenvalue weighted by Crippen LogP contribution is 2.29. The van der Waals surface area contributed by atoms with E-state index in [2.05, 4.69) is 0 Å². The van der Waals surface area contributed by atoms with Gasteiger partial charge in [0.2, 0.25) is 0 Å². The second-order valence-electron chi connectivity index (χ2n) is 2.55. The van der Waals surface area contributed by atoms with Gasteiger partial charge in [0.15, 0.2) is 0 Å². The third-order valence-electron chi connectivity index (χ3n) is 1.47. The number of rotatable bonds is 4. The Hall–Kier alpha value is -1.63. The molecule has 0 fully saturated rings. The zero-order valence-electron chi connectivity index (χ0n) is 7.34. The molecule has 0 aliphatic rings. The van der Waals surface area contributed by atoms with Crippen molar-refractivity contribution in [2.45, 2.75) is 4.90 Å². The molecular formula is C8H6FNO4S. The van der Waals surface area contributed by atoms with Crippen LogP contribution in [0.5, 0.6) is 0 Å². The van der Waals surface area contributed by atoms with Gasteiger partial charge >= 0.3 is 5.97 Å². The van der Waals surface area contributed by atoms with Gasteiger partial charge in [0.1, 0.15) is 5.82 Å². The number of benzene rings is 1. The lowest BCUT2D eigenvalue weighted by Gasteiger charge is -2.00. The van der Waals surface area contributed by atoms with Gasteiger partial charge in [-0.3, -0.25) is 14.9 Å². The second-order valence-corrected chi connectivity index (χ2v) is 3.57. The minimum atomic E-state index is -1.08. The number of carboxylic acids is 1. The van der Waals surface area contributed by atoms with E-state index < -0.39 is 22.4 Å². The van der Waals surface area contributed by atoms with Gasteiger partial charge in [0.25, 0.3) is 5.69 Å². The van der Waals surface area contributed by atoms with Crippen LogP contribution < -0.4 is 0 Å². The first-order valence-corrected chi connectivity index (χ1v) is 4.78. The maximum Gasteiger partial charge on any atom is 0.313 e. The Morgan fingerprint density at radius 3 is 2.80 bits per heavy atom. The number of hydrogen-bond acceptors (Lipinski definition) is 4. The van der Waals surface area contributed by atoms with Crippen molar-refractivity contribution < 1.29 is 19.2 Å². The Bertz CT molecular complexity index is 410. The number of aliphatic carboxylic acids is 1. The van der Waals surface area contributed by atoms with E-state index in [0.717, 1.165) is 23.9 Å². The number of nitro groups is 1. The number of halogens is 1. The minimum absolute atomic E-state index is 0.142. The van der Waals surface area contributed by atoms with Gasteiger partial charge in [-0.25, -0.2) is 4.39 Å². The highest BCUT2D eigenvalue weighted by Gasteiger charge is 2.15. The molecule has 0 atom stereocenters. The van der Waals surface area contributed by atoms with Gasteiger partial charge in [-0.15, -0.1) is 11.8 Å². The summed E-state index contributed by atoms with van der Waals surface area (Å²) in [5, 5.41) is 18.9. The highest BCUT2D eigenvalue weighted by molar-refractivity contribution is 8.00. The van der Waals surface area contributed by atoms with E-state index in [0.29, 0.717) is 0 Å². The molecule has 1 N–H and O–H groups in total. The second kappa shape index (κ2) is 4.74. The van der Waals surface area contributed by atoms with Crippen molar-refractivity contribution in [2.75, 3.05) is 5.75 Å². The lowest BCUT2D eigenvalue weighted by atomic mass is 10.3. The molecule has 0 aliphatic heterocycles. The topological polar surface area (TPSA) is 80.4 Å². The lowest BCUT2D eigenvalue weighted by Crippen LogP contribution is -1.99. The molecule has 0 bridgehead atoms. The van der Waals surface area contributed by atoms with Crippen molar-refractivity contribution in [1.82, 2.24) is 0 Å². The van der Waals surface area contributed by atoms with Gasteiger partial charge in [0.05, 0.1) is 21.6 Å². The van der Waals surface area contributed by atoms with E-state index in [1.54, 1.807) is 0 Å². The molecule has 5 nitrogen and oxygen atoms in total. The molecular weight excluding hydrogens is 225 g/mol. The van der Waals surface area contributed by atoms with Gasteiger partial charge in [0, 0.05) is 0 Å². The molecule has 0 unspecified atom stereocenters. The molecule has 0 amide bonds. The first-order chi connectivity index (χ1) is 7.00. The average Bonchev–Trinajstić information content (AvgIpc) is 2.15. The predicted molar refractivity (Wildman–Crippen MR) is 51.4 cm³/mol. The zero-order chi connectivity index (χ0) is 11.4. The molecule has 0 aromatic heterocycles. The summed E-state index contributed by atoms with van der Waals surface area (Å²) in [5.41, 5.74) is -0.416. The number of thioether (sulfide) groups is 1. The fraction of sp³-hybridized carbons (Fsp3) is 0.125. The molecule has 1 rings (SSSR count). The van der Waals surface area contributed by atoms with Crippen molar-refractivity contribution in [3.8, 4) is 0 Å². The van der Waals surface area contributed by atoms with Crippen molar-refractivity contribution >= 4 is 23.4 Å². The molecule has 0 saturated heterocycles. The van der Waals surface area contributed by atoms with Crippen LogP contribution in [0, 0.1) is 15.9 Å². The third kappa shape index (κ3) is 3.21. The molecule has 0 spiro atoms. The average molecular weight is 231 g/mol. The van der Waals surface area contributed by atoms with Gasteiger partial charge in [-0.05, 0) is 12.1 Å². The molecule has 1 aromatic rings. The lowest BCUT2D eigenvalue weighted by molar-refractivity contribution is -0.387. The first-order valence-electron chi connectivity index (χ1n) is 3.79. The van der Waals surface area contributed by atoms with Crippen LogP contribution in [0.3, 0.4) is 0 Å². The summed E-state index contributed by atoms with van der Waals surface area (Å²) in [6, 6.07) is 3.02. The van der Waals surface area contributed by atoms with E-state index in [1.807, 2.05) is 0 Å². The van der Waals surface area contributed by atoms with Crippen molar-refractivity contribution in [3.63, 3.8) is 0 Å². The maximum atomic E-state index is 12.7. The molecule has 80 valence electrons. The normalized spacial score (nSPS) is 9.93. The van der Waals surface area contributed by atoms with Crippen molar-refractivity contribution in [1.29, 1.82) is 0 Å². The third-order valence-corrected chi connectivity index (χ3v) is 2.52. The van der Waals surface area contributed by atoms with E-state index in [9.17, 15) is 19.3 Å². The smallest absolute Gasteiger partial charge is 0.313 e. The molecule has 0 saturated carbocycles. The molecule has 0 radical (unpaired) electrons. The number of carboxylic acid groups (broad SMARTS) is 1. The Labute approximate surface area is 88.1 Å². The van der Waals surface area contributed by atoms with E-state index >= 15 is 0 Å². The zero-order valence-corrected chi connectivity index (χ0v) is 8.16. The van der Waals surface area contributed by atoms with Crippen LogP contribution in [-0.2, 0) is 4.79 Å². The molecule has 0 heterocycles. The summed E-state index contributed by atoms with van der Waals surface area (Å²) in [6.07, 6.45) is 0. The minimum Gasteiger partial charge on any atom is -0.481 e. The van der Waals surface area contributed by atoms with Crippen LogP contribution >= 0.6 is 11.8 Å². The molecule has 15 heavy (non-hydrogen) atoms. The number of hydrogen-bond donors (Lipinski definition) is 1. The first kappa shape index (κ1) is 11.4. The summed E-state index contributed by atoms with van der Waals surface area (Å²) in [4.78, 5) is 20.2. The van der Waals surface area contributed by atoms with Crippen LogP contribution in [0.25, 0.3) is 0 Å². The number of nitro benzene ring substituents is 1. The monoisotopic (exact) mass is 231 g/mol. The van der Waals surface area contributed by atoms with E-state index in [4.69, 9.17) is 5.11 Å². The van der Waals surface area contributed by atoms with Crippen LogP contribution in [0.2, 0.25) is 0 Å². The van der Waals surface area contributed by atoms with Gasteiger partial charge < -0.3 is 5.11 Å². The maximum absolute atomic E-state index is 12.7. The summed E-state index contributed by atoms with van der Waals surface area (Å²) in [7, 11) is 0. The van der Waals surface area contributed by atoms with E-state index in [1.165, 1.54) is 6.07 Å². The summed E-state index contributed by atoms with van der Waals surface area (Å²) < 4.78 is 12.7. The Morgan fingerprint density at radius 1 is 1.60 bits per heavy atom. The highest BCUT2D eigenvalue weighted by atomic mass is 32.2. The molecule has 1 aromatic carbocycles. The SMILES string of the molecule is O=C(O)CSc1ccc(F)cc1[N+](=O)[O-]. The Balaban J connectivity index is 2.95. The van der Waals surface area contributed by atoms with Crippen molar-refractivity contribution in [2.24, 2.45) is 0 Å². The largest absolute Gasteiger partial charge is 0.481 e. The van der Waals surface area contributed by atoms with Gasteiger partial charge in [-0.1, -0.05) is 0 Å². The fourth-order valence-corrected chi connectivity index (χ4v) is 1.62. The predicted octanol–water partition coefficient (Wildman–Crippen LogP) is 1.91. The summed E-state index contributed by atoms with van der Waals surface area (Å²) in [6.45, 7) is 0. The van der Waals surface area contributed by atoms with Crippen LogP contribution in [0.4, 0.5) is 10.1 Å². The van der Waals surface area contributed by atoms with Crippen LogP contribution in [-0.4, -0.2) is 21.8 Å². The quantitative estimate of drug-likeness (QED) is 0.486. The fourth-order valence-electron chi connectivity index (χ4n) is 0.895. The van der Waals surface area contributed by atoms with Gasteiger partial charge in [-0.2, -0.15) is 0 Å². The summed E-state index contributed by atoms with van der Waals surface area (Å²) >= 11 is 0.784. The molecule has 7 heteroatoms. The summed E-state index contributed by atoms with van der Waals surface area (Å²) in [5.74, 6) is -2.10. The Morgan fingerprint density at radius 2 is 2.27 bits per heavy atom. The van der Waals surface area contributed by atoms with Crippen LogP contribution in [0.1, 0.15) is 0 Å². The number of carbonyl (C=O) groups is 1. The Kier molecular flexibility index (Phi) is 3.62.